The summed E-state index contributed by atoms with van der Waals surface area (Å²) in [7, 11) is 0. The van der Waals surface area contributed by atoms with Crippen molar-refractivity contribution in [3.05, 3.63) is 11.8 Å². The lowest BCUT2D eigenvalue weighted by molar-refractivity contribution is 0.0341. The molecular formula is C12H23NO2. The number of amides is 1. The highest BCUT2D eigenvalue weighted by Gasteiger charge is 2.19. The molecule has 15 heavy (non-hydrogen) atoms. The Hall–Kier alpha value is -0.990. The van der Waals surface area contributed by atoms with Crippen molar-refractivity contribution in [3.8, 4) is 0 Å². The van der Waals surface area contributed by atoms with E-state index >= 15 is 0 Å². The van der Waals surface area contributed by atoms with Gasteiger partial charge in [-0.15, -0.1) is 0 Å². The topological polar surface area (TPSA) is 29.5 Å². The molecule has 3 heteroatoms. The van der Waals surface area contributed by atoms with Gasteiger partial charge in [0.1, 0.15) is 5.60 Å². The van der Waals surface area contributed by atoms with Crippen molar-refractivity contribution >= 4 is 6.09 Å². The molecule has 0 saturated heterocycles. The number of allylic oxidation sites excluding steroid dienone is 1. The van der Waals surface area contributed by atoms with Gasteiger partial charge in [0.05, 0.1) is 0 Å². The van der Waals surface area contributed by atoms with Crippen LogP contribution >= 0.6 is 0 Å². The summed E-state index contributed by atoms with van der Waals surface area (Å²) in [6.45, 7) is 12.2. The molecule has 0 rings (SSSR count). The first-order valence-corrected chi connectivity index (χ1v) is 5.47. The van der Waals surface area contributed by atoms with E-state index in [9.17, 15) is 4.79 Å². The molecule has 1 amide bonds. The summed E-state index contributed by atoms with van der Waals surface area (Å²) in [5.74, 6) is 0. The Labute approximate surface area is 93.1 Å². The molecule has 0 heterocycles. The number of carbonyl (C=O) groups excluding carboxylic acids is 1. The van der Waals surface area contributed by atoms with E-state index in [1.54, 1.807) is 4.90 Å². The van der Waals surface area contributed by atoms with Gasteiger partial charge in [-0.05, 0) is 41.0 Å². The fraction of sp³-hybridized carbons (Fsp3) is 0.750. The van der Waals surface area contributed by atoms with Crippen LogP contribution < -0.4 is 0 Å². The molecule has 88 valence electrons. The zero-order valence-corrected chi connectivity index (χ0v) is 10.8. The zero-order chi connectivity index (χ0) is 12.1. The maximum atomic E-state index is 11.7. The van der Waals surface area contributed by atoms with Crippen LogP contribution in [-0.4, -0.2) is 23.1 Å². The lowest BCUT2D eigenvalue weighted by atomic mass is 10.2. The van der Waals surface area contributed by atoms with Crippen LogP contribution in [0.25, 0.3) is 0 Å². The van der Waals surface area contributed by atoms with Crippen molar-refractivity contribution in [1.29, 1.82) is 0 Å². The Bertz CT molecular complexity index is 238. The maximum Gasteiger partial charge on any atom is 0.414 e. The predicted octanol–water partition coefficient (Wildman–Crippen LogP) is 3.56. The fourth-order valence-corrected chi connectivity index (χ4v) is 0.951. The molecular weight excluding hydrogens is 190 g/mol. The van der Waals surface area contributed by atoms with Crippen molar-refractivity contribution in [2.75, 3.05) is 6.54 Å². The molecule has 0 atom stereocenters. The molecule has 0 unspecified atom stereocenters. The summed E-state index contributed by atoms with van der Waals surface area (Å²) < 4.78 is 5.28. The fourth-order valence-electron chi connectivity index (χ4n) is 0.951. The first kappa shape index (κ1) is 14.0. The molecule has 0 fully saturated rings. The highest BCUT2D eigenvalue weighted by Crippen LogP contribution is 2.11. The molecule has 0 aliphatic rings. The molecule has 0 N–H and O–H groups in total. The molecule has 0 aromatic heterocycles. The second-order valence-electron chi connectivity index (χ2n) is 4.60. The average Bonchev–Trinajstić information content (AvgIpc) is 2.10. The van der Waals surface area contributed by atoms with E-state index in [0.717, 1.165) is 6.42 Å². The van der Waals surface area contributed by atoms with Gasteiger partial charge in [-0.2, -0.15) is 0 Å². The maximum absolute atomic E-state index is 11.7. The van der Waals surface area contributed by atoms with Gasteiger partial charge >= 0.3 is 6.09 Å². The number of hydrogen-bond acceptors (Lipinski definition) is 2. The van der Waals surface area contributed by atoms with Crippen LogP contribution in [0.3, 0.4) is 0 Å². The summed E-state index contributed by atoms with van der Waals surface area (Å²) >= 11 is 0. The number of nitrogens with zero attached hydrogens (tertiary/aromatic N) is 1. The minimum Gasteiger partial charge on any atom is -0.443 e. The van der Waals surface area contributed by atoms with Crippen LogP contribution in [0.4, 0.5) is 4.79 Å². The molecule has 0 spiro atoms. The van der Waals surface area contributed by atoms with Gasteiger partial charge in [-0.3, -0.25) is 4.90 Å². The van der Waals surface area contributed by atoms with Gasteiger partial charge in [0.25, 0.3) is 0 Å². The van der Waals surface area contributed by atoms with Crippen LogP contribution in [0.15, 0.2) is 11.8 Å². The van der Waals surface area contributed by atoms with Crippen molar-refractivity contribution in [2.24, 2.45) is 0 Å². The van der Waals surface area contributed by atoms with Crippen LogP contribution in [0, 0.1) is 0 Å². The number of ether oxygens (including phenoxy) is 1. The van der Waals surface area contributed by atoms with Gasteiger partial charge in [-0.1, -0.05) is 12.5 Å². The highest BCUT2D eigenvalue weighted by molar-refractivity contribution is 5.69. The standard InChI is InChI=1S/C12H23NO2/c1-7-10(3)9-13(8-2)11(14)15-12(4,5)6/h9H,7-8H2,1-6H3/b10-9-. The van der Waals surface area contributed by atoms with E-state index < -0.39 is 5.60 Å². The van der Waals surface area contributed by atoms with Gasteiger partial charge < -0.3 is 4.74 Å². The van der Waals surface area contributed by atoms with Gasteiger partial charge in [0, 0.05) is 12.7 Å². The van der Waals surface area contributed by atoms with Crippen LogP contribution in [-0.2, 0) is 4.74 Å². The third-order valence-corrected chi connectivity index (χ3v) is 1.90. The second kappa shape index (κ2) is 5.79. The Morgan fingerprint density at radius 2 is 1.87 bits per heavy atom. The van der Waals surface area contributed by atoms with Crippen molar-refractivity contribution < 1.29 is 9.53 Å². The third kappa shape index (κ3) is 6.15. The Morgan fingerprint density at radius 3 is 2.20 bits per heavy atom. The summed E-state index contributed by atoms with van der Waals surface area (Å²) in [5.41, 5.74) is 0.737. The SMILES string of the molecule is CC/C(C)=C\N(CC)C(=O)OC(C)(C)C. The molecule has 0 aromatic carbocycles. The first-order chi connectivity index (χ1) is 6.80. The van der Waals surface area contributed by atoms with E-state index in [-0.39, 0.29) is 6.09 Å². The van der Waals surface area contributed by atoms with Gasteiger partial charge in [-0.25, -0.2) is 4.79 Å². The Balaban J connectivity index is 4.49. The Kier molecular flexibility index (Phi) is 5.40. The van der Waals surface area contributed by atoms with E-state index in [1.165, 1.54) is 5.57 Å². The molecule has 3 nitrogen and oxygen atoms in total. The molecule has 0 aliphatic carbocycles. The van der Waals surface area contributed by atoms with Crippen LogP contribution in [0.5, 0.6) is 0 Å². The van der Waals surface area contributed by atoms with E-state index in [4.69, 9.17) is 4.74 Å². The largest absolute Gasteiger partial charge is 0.443 e. The summed E-state index contributed by atoms with van der Waals surface area (Å²) in [5, 5.41) is 0. The summed E-state index contributed by atoms with van der Waals surface area (Å²) in [6.07, 6.45) is 2.52. The minimum absolute atomic E-state index is 0.280. The molecule has 0 radical (unpaired) electrons. The number of hydrogen-bond donors (Lipinski definition) is 0. The second-order valence-corrected chi connectivity index (χ2v) is 4.60. The van der Waals surface area contributed by atoms with E-state index in [2.05, 4.69) is 6.92 Å². The molecule has 0 aliphatic heterocycles. The highest BCUT2D eigenvalue weighted by atomic mass is 16.6. The normalized spacial score (nSPS) is 12.5. The number of rotatable bonds is 3. The van der Waals surface area contributed by atoms with Gasteiger partial charge in [0.2, 0.25) is 0 Å². The van der Waals surface area contributed by atoms with Gasteiger partial charge in [0.15, 0.2) is 0 Å². The Morgan fingerprint density at radius 1 is 1.33 bits per heavy atom. The summed E-state index contributed by atoms with van der Waals surface area (Å²) in [4.78, 5) is 13.3. The van der Waals surface area contributed by atoms with E-state index in [1.807, 2.05) is 40.8 Å². The third-order valence-electron chi connectivity index (χ3n) is 1.90. The molecule has 0 saturated carbocycles. The lowest BCUT2D eigenvalue weighted by Gasteiger charge is -2.24. The smallest absolute Gasteiger partial charge is 0.414 e. The van der Waals surface area contributed by atoms with Crippen molar-refractivity contribution in [1.82, 2.24) is 4.90 Å². The summed E-state index contributed by atoms with van der Waals surface area (Å²) in [6, 6.07) is 0. The minimum atomic E-state index is -0.432. The molecule has 0 bridgehead atoms. The monoisotopic (exact) mass is 213 g/mol. The van der Waals surface area contributed by atoms with Crippen LogP contribution in [0.1, 0.15) is 48.0 Å². The average molecular weight is 213 g/mol. The van der Waals surface area contributed by atoms with Crippen LogP contribution in [0.2, 0.25) is 0 Å². The quantitative estimate of drug-likeness (QED) is 0.717. The number of carbonyl (C=O) groups is 1. The lowest BCUT2D eigenvalue weighted by Crippen LogP contribution is -2.33. The van der Waals surface area contributed by atoms with Crippen molar-refractivity contribution in [3.63, 3.8) is 0 Å². The molecule has 0 aromatic rings. The van der Waals surface area contributed by atoms with Crippen molar-refractivity contribution in [2.45, 2.75) is 53.6 Å². The zero-order valence-electron chi connectivity index (χ0n) is 10.8. The van der Waals surface area contributed by atoms with E-state index in [0.29, 0.717) is 6.54 Å². The first-order valence-electron chi connectivity index (χ1n) is 5.47. The predicted molar refractivity (Wildman–Crippen MR) is 62.7 cm³/mol.